The summed E-state index contributed by atoms with van der Waals surface area (Å²) in [7, 11) is 0. The second kappa shape index (κ2) is 8.62. The zero-order chi connectivity index (χ0) is 20.3. The molecule has 154 valence electrons. The predicted octanol–water partition coefficient (Wildman–Crippen LogP) is -0.0174. The molecule has 6 heteroatoms. The molecule has 2 aliphatic heterocycles. The van der Waals surface area contributed by atoms with Gasteiger partial charge in [0.15, 0.2) is 6.67 Å². The fraction of sp³-hybridized carbons (Fsp3) is 0.636. The van der Waals surface area contributed by atoms with Crippen LogP contribution in [0.4, 0.5) is 4.79 Å². The smallest absolute Gasteiger partial charge is 0.323 e. The molecule has 3 N–H and O–H groups in total. The van der Waals surface area contributed by atoms with Gasteiger partial charge in [0.05, 0.1) is 0 Å². The van der Waals surface area contributed by atoms with E-state index < -0.39 is 5.54 Å². The van der Waals surface area contributed by atoms with Gasteiger partial charge in [-0.2, -0.15) is 0 Å². The Labute approximate surface area is 168 Å². The van der Waals surface area contributed by atoms with Gasteiger partial charge in [0, 0.05) is 5.56 Å². The number of rotatable bonds is 7. The minimum Gasteiger partial charge on any atom is -0.323 e. The molecule has 1 aromatic rings. The summed E-state index contributed by atoms with van der Waals surface area (Å²) in [6, 6.07) is 8.36. The molecule has 1 atom stereocenters. The highest BCUT2D eigenvalue weighted by Gasteiger charge is 2.48. The van der Waals surface area contributed by atoms with E-state index in [-0.39, 0.29) is 11.9 Å². The van der Waals surface area contributed by atoms with Crippen molar-refractivity contribution in [2.75, 3.05) is 32.8 Å². The molecular weight excluding hydrogens is 352 g/mol. The zero-order valence-corrected chi connectivity index (χ0v) is 17.8. The van der Waals surface area contributed by atoms with E-state index in [0.29, 0.717) is 19.0 Å². The summed E-state index contributed by atoms with van der Waals surface area (Å²) in [5, 5.41) is 2.94. The van der Waals surface area contributed by atoms with Crippen molar-refractivity contribution in [2.24, 2.45) is 5.92 Å². The van der Waals surface area contributed by atoms with Gasteiger partial charge in [0.2, 0.25) is 0 Å². The lowest BCUT2D eigenvalue weighted by molar-refractivity contribution is -1.02. The van der Waals surface area contributed by atoms with Crippen LogP contribution in [0.15, 0.2) is 24.3 Å². The van der Waals surface area contributed by atoms with Crippen molar-refractivity contribution >= 4 is 11.9 Å². The van der Waals surface area contributed by atoms with Gasteiger partial charge in [-0.3, -0.25) is 4.79 Å². The fourth-order valence-electron chi connectivity index (χ4n) is 4.23. The number of urea groups is 1. The van der Waals surface area contributed by atoms with Crippen LogP contribution in [0.25, 0.3) is 0 Å². The summed E-state index contributed by atoms with van der Waals surface area (Å²) in [5.41, 5.74) is 2.03. The van der Waals surface area contributed by atoms with E-state index in [4.69, 9.17) is 0 Å². The topological polar surface area (TPSA) is 58.3 Å². The third-order valence-corrected chi connectivity index (χ3v) is 6.31. The van der Waals surface area contributed by atoms with Gasteiger partial charge in [0.1, 0.15) is 38.3 Å². The van der Waals surface area contributed by atoms with Crippen LogP contribution >= 0.6 is 0 Å². The highest BCUT2D eigenvalue weighted by molar-refractivity contribution is 6.06. The largest absolute Gasteiger partial charge is 0.329 e. The maximum atomic E-state index is 12.9. The lowest BCUT2D eigenvalue weighted by Gasteiger charge is -2.31. The lowest BCUT2D eigenvalue weighted by Crippen LogP contribution is -3.28. The number of quaternary nitrogens is 2. The highest BCUT2D eigenvalue weighted by Crippen LogP contribution is 2.24. The van der Waals surface area contributed by atoms with Crippen molar-refractivity contribution in [1.82, 2.24) is 10.2 Å². The number of hydrogen-bond acceptors (Lipinski definition) is 2. The Bertz CT molecular complexity index is 712. The van der Waals surface area contributed by atoms with Crippen molar-refractivity contribution in [3.05, 3.63) is 35.4 Å². The van der Waals surface area contributed by atoms with Crippen LogP contribution < -0.4 is 15.1 Å². The molecule has 1 aromatic carbocycles. The summed E-state index contributed by atoms with van der Waals surface area (Å²) in [5.74, 6) is 0.464. The molecule has 2 aliphatic rings. The molecule has 0 radical (unpaired) electrons. The molecule has 3 rings (SSSR count). The van der Waals surface area contributed by atoms with Gasteiger partial charge in [0.25, 0.3) is 5.91 Å². The van der Waals surface area contributed by atoms with Crippen molar-refractivity contribution < 1.29 is 19.4 Å². The molecule has 3 amide bonds. The van der Waals surface area contributed by atoms with Crippen LogP contribution in [0, 0.1) is 12.8 Å². The Balaban J connectivity index is 1.51. The van der Waals surface area contributed by atoms with Crippen LogP contribution in [0.3, 0.4) is 0 Å². The Morgan fingerprint density at radius 3 is 2.39 bits per heavy atom. The molecule has 0 aliphatic carbocycles. The first kappa shape index (κ1) is 20.8. The van der Waals surface area contributed by atoms with Gasteiger partial charge in [-0.05, 0) is 38.2 Å². The first-order valence-corrected chi connectivity index (χ1v) is 10.6. The second-order valence-electron chi connectivity index (χ2n) is 9.19. The average molecular weight is 389 g/mol. The Morgan fingerprint density at radius 2 is 1.75 bits per heavy atom. The molecule has 2 saturated heterocycles. The summed E-state index contributed by atoms with van der Waals surface area (Å²) in [6.07, 6.45) is 1.64. The number of hydrogen-bond donors (Lipinski definition) is 3. The van der Waals surface area contributed by atoms with Crippen LogP contribution in [-0.2, 0) is 11.3 Å². The van der Waals surface area contributed by atoms with Crippen molar-refractivity contribution in [2.45, 2.75) is 52.6 Å². The fourth-order valence-corrected chi connectivity index (χ4v) is 4.23. The molecule has 0 saturated carbocycles. The Kier molecular flexibility index (Phi) is 6.40. The molecule has 0 spiro atoms. The number of benzene rings is 1. The third kappa shape index (κ3) is 4.73. The van der Waals surface area contributed by atoms with Crippen molar-refractivity contribution in [1.29, 1.82) is 0 Å². The molecule has 6 nitrogen and oxygen atoms in total. The third-order valence-electron chi connectivity index (χ3n) is 6.31. The van der Waals surface area contributed by atoms with E-state index >= 15 is 0 Å². The molecule has 0 bridgehead atoms. The van der Waals surface area contributed by atoms with Gasteiger partial charge in [-0.25, -0.2) is 9.69 Å². The maximum Gasteiger partial charge on any atom is 0.329 e. The van der Waals surface area contributed by atoms with E-state index in [9.17, 15) is 9.59 Å². The van der Waals surface area contributed by atoms with Gasteiger partial charge in [-0.1, -0.05) is 38.1 Å². The lowest BCUT2D eigenvalue weighted by atomic mass is 9.92. The molecule has 0 unspecified atom stereocenters. The number of imide groups is 1. The van der Waals surface area contributed by atoms with Crippen LogP contribution in [0.2, 0.25) is 0 Å². The van der Waals surface area contributed by atoms with E-state index in [1.807, 2.05) is 6.92 Å². The van der Waals surface area contributed by atoms with Crippen LogP contribution in [-0.4, -0.2) is 55.2 Å². The number of carbonyl (C=O) groups is 2. The first-order valence-electron chi connectivity index (χ1n) is 10.6. The minimum absolute atomic E-state index is 0.0552. The molecule has 2 fully saturated rings. The normalized spacial score (nSPS) is 28.1. The molecule has 28 heavy (non-hydrogen) atoms. The molecular formula is C22H36N4O2+2. The zero-order valence-electron chi connectivity index (χ0n) is 17.8. The van der Waals surface area contributed by atoms with E-state index in [1.165, 1.54) is 20.9 Å². The summed E-state index contributed by atoms with van der Waals surface area (Å²) in [4.78, 5) is 29.7. The van der Waals surface area contributed by atoms with E-state index in [1.54, 1.807) is 4.90 Å². The SMILES string of the molecule is Cc1ccccc1C[NH+]1CC[NH+](CN2C(=O)N[C@@](C)(CCC(C)C)C2=O)CC1. The van der Waals surface area contributed by atoms with Crippen LogP contribution in [0.1, 0.15) is 44.7 Å². The van der Waals surface area contributed by atoms with E-state index in [2.05, 4.69) is 50.4 Å². The van der Waals surface area contributed by atoms with E-state index in [0.717, 1.165) is 39.1 Å². The highest BCUT2D eigenvalue weighted by atomic mass is 16.2. The molecule has 0 aromatic heterocycles. The predicted molar refractivity (Wildman–Crippen MR) is 109 cm³/mol. The summed E-state index contributed by atoms with van der Waals surface area (Å²) < 4.78 is 0. The summed E-state index contributed by atoms with van der Waals surface area (Å²) >= 11 is 0. The number of carbonyl (C=O) groups excluding carboxylic acids is 2. The number of nitrogens with zero attached hydrogens (tertiary/aromatic N) is 1. The van der Waals surface area contributed by atoms with Gasteiger partial charge >= 0.3 is 6.03 Å². The molecule has 2 heterocycles. The van der Waals surface area contributed by atoms with Crippen LogP contribution in [0.5, 0.6) is 0 Å². The second-order valence-corrected chi connectivity index (χ2v) is 9.19. The standard InChI is InChI=1S/C22H34N4O2/c1-17(2)9-10-22(4)20(27)26(21(28)23-22)16-25-13-11-24(12-14-25)15-19-8-6-5-7-18(19)3/h5-8,17H,9-16H2,1-4H3,(H,23,28)/p+2/t22-/m0/s1. The average Bonchev–Trinajstić information content (AvgIpc) is 2.87. The minimum atomic E-state index is -0.737. The van der Waals surface area contributed by atoms with Gasteiger partial charge < -0.3 is 15.1 Å². The first-order chi connectivity index (χ1) is 13.3. The van der Waals surface area contributed by atoms with Crippen molar-refractivity contribution in [3.63, 3.8) is 0 Å². The Hall–Kier alpha value is -1.92. The quantitative estimate of drug-likeness (QED) is 0.575. The van der Waals surface area contributed by atoms with Gasteiger partial charge in [-0.15, -0.1) is 0 Å². The number of nitrogens with one attached hydrogen (secondary N) is 3. The maximum absolute atomic E-state index is 12.9. The number of amides is 3. The Morgan fingerprint density at radius 1 is 1.11 bits per heavy atom. The summed E-state index contributed by atoms with van der Waals surface area (Å²) in [6.45, 7) is 14.0. The number of aryl methyl sites for hydroxylation is 1. The number of piperazine rings is 1. The van der Waals surface area contributed by atoms with Crippen molar-refractivity contribution in [3.8, 4) is 0 Å². The monoisotopic (exact) mass is 388 g/mol.